The second-order valence-electron chi connectivity index (χ2n) is 6.94. The summed E-state index contributed by atoms with van der Waals surface area (Å²) in [6.07, 6.45) is 2.80. The minimum atomic E-state index is 0.347. The molecule has 0 bridgehead atoms. The largest absolute Gasteiger partial charge is 0.383 e. The van der Waals surface area contributed by atoms with Gasteiger partial charge in [0.2, 0.25) is 0 Å². The lowest BCUT2D eigenvalue weighted by Gasteiger charge is -2.34. The Morgan fingerprint density at radius 2 is 2.32 bits per heavy atom. The third kappa shape index (κ3) is 3.99. The summed E-state index contributed by atoms with van der Waals surface area (Å²) < 4.78 is 0. The van der Waals surface area contributed by atoms with E-state index in [1.165, 1.54) is 0 Å². The predicted molar refractivity (Wildman–Crippen MR) is 105 cm³/mol. The van der Waals surface area contributed by atoms with Gasteiger partial charge in [-0.1, -0.05) is 13.8 Å². The van der Waals surface area contributed by atoms with Crippen LogP contribution in [0.1, 0.15) is 36.4 Å². The molecular weight excluding hydrogens is 332 g/mol. The van der Waals surface area contributed by atoms with Crippen LogP contribution in [0.15, 0.2) is 18.3 Å². The lowest BCUT2D eigenvalue weighted by molar-refractivity contribution is 0.388. The molecule has 134 valence electrons. The summed E-state index contributed by atoms with van der Waals surface area (Å²) in [6, 6.07) is 4.12. The van der Waals surface area contributed by atoms with Crippen molar-refractivity contribution in [3.63, 3.8) is 0 Å². The summed E-state index contributed by atoms with van der Waals surface area (Å²) in [5, 5.41) is 13.1. The Hall–Kier alpha value is -1.99. The molecule has 2 aromatic heterocycles. The lowest BCUT2D eigenvalue weighted by atomic mass is 10.0. The monoisotopic (exact) mass is 358 g/mol. The predicted octanol–water partition coefficient (Wildman–Crippen LogP) is 2.67. The summed E-state index contributed by atoms with van der Waals surface area (Å²) in [4.78, 5) is 12.2. The first-order valence-corrected chi connectivity index (χ1v) is 9.53. The van der Waals surface area contributed by atoms with Crippen molar-refractivity contribution in [1.29, 1.82) is 5.41 Å². The van der Waals surface area contributed by atoms with Crippen LogP contribution in [0.25, 0.3) is 0 Å². The smallest absolute Gasteiger partial charge is 0.186 e. The molecule has 2 aromatic rings. The molecular formula is C18H26N6S. The van der Waals surface area contributed by atoms with Crippen LogP contribution in [0.4, 0.5) is 10.9 Å². The third-order valence-corrected chi connectivity index (χ3v) is 5.44. The van der Waals surface area contributed by atoms with E-state index in [1.54, 1.807) is 23.6 Å². The van der Waals surface area contributed by atoms with Gasteiger partial charge in [-0.3, -0.25) is 5.41 Å². The molecule has 1 unspecified atom stereocenters. The zero-order chi connectivity index (χ0) is 18.0. The molecule has 1 atom stereocenters. The van der Waals surface area contributed by atoms with Gasteiger partial charge >= 0.3 is 0 Å². The number of thiazole rings is 1. The molecule has 1 saturated heterocycles. The Morgan fingerprint density at radius 1 is 1.52 bits per heavy atom. The number of hydrogen-bond donors (Lipinski definition) is 3. The number of anilines is 2. The normalized spacial score (nSPS) is 17.9. The van der Waals surface area contributed by atoms with Gasteiger partial charge in [0.25, 0.3) is 0 Å². The molecule has 0 aliphatic carbocycles. The fourth-order valence-corrected chi connectivity index (χ4v) is 4.18. The van der Waals surface area contributed by atoms with Crippen LogP contribution in [0.5, 0.6) is 0 Å². The van der Waals surface area contributed by atoms with Crippen LogP contribution in [-0.2, 0) is 0 Å². The minimum absolute atomic E-state index is 0.347. The fraction of sp³-hybridized carbons (Fsp3) is 0.500. The Bertz CT molecular complexity index is 754. The van der Waals surface area contributed by atoms with Crippen LogP contribution in [0, 0.1) is 18.3 Å². The standard InChI is InChI=1S/C18H26N6S/c1-11(2)9-13-10-24(8-7-21-13)18-23-16(12(3)25-18)15(19)14-5-4-6-22-17(14)20/h4-6,11,13,19,21H,7-10H2,1-3H3,(H2,20,22). The lowest BCUT2D eigenvalue weighted by Crippen LogP contribution is -2.51. The molecule has 25 heavy (non-hydrogen) atoms. The summed E-state index contributed by atoms with van der Waals surface area (Å²) in [6.45, 7) is 9.41. The number of nitrogens with two attached hydrogens (primary N) is 1. The average Bonchev–Trinajstić information content (AvgIpc) is 2.96. The number of aryl methyl sites for hydroxylation is 1. The molecule has 4 N–H and O–H groups in total. The molecule has 6 nitrogen and oxygen atoms in total. The van der Waals surface area contributed by atoms with Crippen LogP contribution >= 0.6 is 11.3 Å². The first-order chi connectivity index (χ1) is 12.0. The zero-order valence-electron chi connectivity index (χ0n) is 15.0. The van der Waals surface area contributed by atoms with Crippen molar-refractivity contribution < 1.29 is 0 Å². The van der Waals surface area contributed by atoms with Crippen molar-refractivity contribution in [2.75, 3.05) is 30.3 Å². The molecule has 0 radical (unpaired) electrons. The van der Waals surface area contributed by atoms with E-state index in [-0.39, 0.29) is 0 Å². The first kappa shape index (κ1) is 17.8. The summed E-state index contributed by atoms with van der Waals surface area (Å²) in [5.41, 5.74) is 7.62. The Labute approximate surface area is 153 Å². The Kier molecular flexibility index (Phi) is 5.34. The highest BCUT2D eigenvalue weighted by Crippen LogP contribution is 2.29. The van der Waals surface area contributed by atoms with Crippen LogP contribution in [-0.4, -0.2) is 41.4 Å². The maximum Gasteiger partial charge on any atom is 0.186 e. The quantitative estimate of drug-likeness (QED) is 0.715. The molecule has 1 fully saturated rings. The number of nitrogens with zero attached hydrogens (tertiary/aromatic N) is 3. The van der Waals surface area contributed by atoms with Gasteiger partial charge in [-0.25, -0.2) is 9.97 Å². The van der Waals surface area contributed by atoms with E-state index in [4.69, 9.17) is 16.1 Å². The van der Waals surface area contributed by atoms with Crippen LogP contribution in [0.3, 0.4) is 0 Å². The van der Waals surface area contributed by atoms with Gasteiger partial charge in [0, 0.05) is 42.3 Å². The van der Waals surface area contributed by atoms with Crippen molar-refractivity contribution in [1.82, 2.24) is 15.3 Å². The number of pyridine rings is 1. The van der Waals surface area contributed by atoms with E-state index in [9.17, 15) is 0 Å². The van der Waals surface area contributed by atoms with E-state index < -0.39 is 0 Å². The number of rotatable bonds is 5. The van der Waals surface area contributed by atoms with Crippen molar-refractivity contribution in [3.05, 3.63) is 34.5 Å². The second kappa shape index (κ2) is 7.49. The van der Waals surface area contributed by atoms with Gasteiger partial charge in [0.15, 0.2) is 5.13 Å². The summed E-state index contributed by atoms with van der Waals surface area (Å²) in [7, 11) is 0. The maximum atomic E-state index is 8.51. The molecule has 1 aliphatic heterocycles. The molecule has 0 saturated carbocycles. The van der Waals surface area contributed by atoms with Gasteiger partial charge in [0.1, 0.15) is 11.5 Å². The third-order valence-electron chi connectivity index (χ3n) is 4.41. The highest BCUT2D eigenvalue weighted by molar-refractivity contribution is 7.15. The number of aromatic nitrogens is 2. The van der Waals surface area contributed by atoms with Crippen LogP contribution < -0.4 is 16.0 Å². The number of hydrogen-bond acceptors (Lipinski definition) is 7. The molecule has 3 rings (SSSR count). The van der Waals surface area contributed by atoms with E-state index in [1.807, 2.05) is 13.0 Å². The average molecular weight is 359 g/mol. The maximum absolute atomic E-state index is 8.51. The van der Waals surface area contributed by atoms with Crippen LogP contribution in [0.2, 0.25) is 0 Å². The van der Waals surface area contributed by atoms with Gasteiger partial charge < -0.3 is 16.0 Å². The van der Waals surface area contributed by atoms with Crippen molar-refractivity contribution in [2.24, 2.45) is 5.92 Å². The van der Waals surface area contributed by atoms with E-state index in [0.29, 0.717) is 34.7 Å². The van der Waals surface area contributed by atoms with E-state index in [0.717, 1.165) is 36.1 Å². The number of nitrogens with one attached hydrogen (secondary N) is 2. The molecule has 7 heteroatoms. The van der Waals surface area contributed by atoms with Gasteiger partial charge in [-0.05, 0) is 31.4 Å². The van der Waals surface area contributed by atoms with Gasteiger partial charge in [0.05, 0.1) is 5.71 Å². The minimum Gasteiger partial charge on any atom is -0.383 e. The summed E-state index contributed by atoms with van der Waals surface area (Å²) in [5.74, 6) is 1.05. The topological polar surface area (TPSA) is 90.9 Å². The van der Waals surface area contributed by atoms with Gasteiger partial charge in [-0.2, -0.15) is 0 Å². The molecule has 0 aromatic carbocycles. The SMILES string of the molecule is Cc1sc(N2CCNC(CC(C)C)C2)nc1C(=N)c1cccnc1N. The van der Waals surface area contributed by atoms with Crippen molar-refractivity contribution >= 4 is 28.0 Å². The van der Waals surface area contributed by atoms with Crippen molar-refractivity contribution in [2.45, 2.75) is 33.2 Å². The molecule has 1 aliphatic rings. The van der Waals surface area contributed by atoms with Crippen molar-refractivity contribution in [3.8, 4) is 0 Å². The number of nitrogen functional groups attached to an aromatic ring is 1. The fourth-order valence-electron chi connectivity index (χ4n) is 3.23. The second-order valence-corrected chi connectivity index (χ2v) is 8.12. The Balaban J connectivity index is 1.80. The van der Waals surface area contributed by atoms with Gasteiger partial charge in [-0.15, -0.1) is 11.3 Å². The van der Waals surface area contributed by atoms with E-state index in [2.05, 4.69) is 29.0 Å². The highest BCUT2D eigenvalue weighted by Gasteiger charge is 2.24. The number of piperazine rings is 1. The zero-order valence-corrected chi connectivity index (χ0v) is 15.9. The molecule has 3 heterocycles. The highest BCUT2D eigenvalue weighted by atomic mass is 32.1. The Morgan fingerprint density at radius 3 is 3.04 bits per heavy atom. The first-order valence-electron chi connectivity index (χ1n) is 8.71. The molecule has 0 spiro atoms. The summed E-state index contributed by atoms with van der Waals surface area (Å²) >= 11 is 1.66. The van der Waals surface area contributed by atoms with E-state index >= 15 is 0 Å². The molecule has 0 amide bonds.